The van der Waals surface area contributed by atoms with Crippen LogP contribution in [0, 0.1) is 23.2 Å². The van der Waals surface area contributed by atoms with E-state index >= 15 is 0 Å². The molecule has 1 aliphatic rings. The van der Waals surface area contributed by atoms with Crippen molar-refractivity contribution in [3.05, 3.63) is 23.8 Å². The van der Waals surface area contributed by atoms with E-state index in [1.807, 2.05) is 4.90 Å². The van der Waals surface area contributed by atoms with Gasteiger partial charge in [0.1, 0.15) is 0 Å². The average molecular weight is 330 g/mol. The fraction of sp³-hybridized carbons (Fsp3) is 0.579. The van der Waals surface area contributed by atoms with E-state index in [0.717, 1.165) is 13.1 Å². The van der Waals surface area contributed by atoms with Crippen LogP contribution in [-0.4, -0.2) is 37.6 Å². The van der Waals surface area contributed by atoms with Crippen LogP contribution in [0.3, 0.4) is 0 Å². The molecule has 1 saturated heterocycles. The molecule has 1 amide bonds. The number of carbonyl (C=O) groups is 1. The molecule has 0 N–H and O–H groups in total. The second kappa shape index (κ2) is 8.58. The van der Waals surface area contributed by atoms with Crippen molar-refractivity contribution in [2.24, 2.45) is 11.8 Å². The van der Waals surface area contributed by atoms with Crippen LogP contribution >= 0.6 is 0 Å². The molecule has 0 aliphatic carbocycles. The Morgan fingerprint density at radius 3 is 2.62 bits per heavy atom. The number of rotatable bonds is 6. The molecule has 2 atom stereocenters. The van der Waals surface area contributed by atoms with Gasteiger partial charge in [-0.1, -0.05) is 13.8 Å². The van der Waals surface area contributed by atoms with E-state index in [4.69, 9.17) is 14.7 Å². The van der Waals surface area contributed by atoms with E-state index in [2.05, 4.69) is 19.9 Å². The lowest BCUT2D eigenvalue weighted by atomic mass is 9.91. The van der Waals surface area contributed by atoms with Crippen molar-refractivity contribution in [1.29, 1.82) is 5.26 Å². The Bertz CT molecular complexity index is 599. The van der Waals surface area contributed by atoms with E-state index in [9.17, 15) is 4.79 Å². The number of benzene rings is 1. The minimum atomic E-state index is 0.212. The van der Waals surface area contributed by atoms with Crippen LogP contribution in [0.1, 0.15) is 38.7 Å². The molecule has 130 valence electrons. The summed E-state index contributed by atoms with van der Waals surface area (Å²) in [4.78, 5) is 14.3. The van der Waals surface area contributed by atoms with Crippen molar-refractivity contribution in [1.82, 2.24) is 4.90 Å². The van der Waals surface area contributed by atoms with Gasteiger partial charge in [0.25, 0.3) is 0 Å². The van der Waals surface area contributed by atoms with E-state index in [-0.39, 0.29) is 5.91 Å². The van der Waals surface area contributed by atoms with Crippen molar-refractivity contribution in [2.75, 3.05) is 26.8 Å². The molecule has 1 heterocycles. The molecule has 5 heteroatoms. The first-order chi connectivity index (χ1) is 11.5. The van der Waals surface area contributed by atoms with Crippen molar-refractivity contribution < 1.29 is 14.3 Å². The third-order valence-electron chi connectivity index (χ3n) is 4.31. The normalized spacial score (nSPS) is 20.3. The SMILES string of the molecule is COc1cc(C#N)ccc1OCCCC(=O)N1CC(C)CC(C)C1. The van der Waals surface area contributed by atoms with E-state index in [0.29, 0.717) is 48.3 Å². The Balaban J connectivity index is 1.78. The van der Waals surface area contributed by atoms with Gasteiger partial charge in [0.2, 0.25) is 5.91 Å². The molecule has 1 aromatic carbocycles. The summed E-state index contributed by atoms with van der Waals surface area (Å²) in [7, 11) is 1.55. The summed E-state index contributed by atoms with van der Waals surface area (Å²) in [6.45, 7) is 6.60. The maximum absolute atomic E-state index is 12.3. The van der Waals surface area contributed by atoms with Gasteiger partial charge < -0.3 is 14.4 Å². The predicted octanol–water partition coefficient (Wildman–Crippen LogP) is 3.23. The van der Waals surface area contributed by atoms with Crippen LogP contribution in [-0.2, 0) is 4.79 Å². The number of methoxy groups -OCH3 is 1. The number of nitrogens with zero attached hydrogens (tertiary/aromatic N) is 2. The van der Waals surface area contributed by atoms with Gasteiger partial charge in [-0.2, -0.15) is 5.26 Å². The Hall–Kier alpha value is -2.22. The molecule has 5 nitrogen and oxygen atoms in total. The first kappa shape index (κ1) is 18.1. The molecule has 0 radical (unpaired) electrons. The minimum Gasteiger partial charge on any atom is -0.493 e. The lowest BCUT2D eigenvalue weighted by Gasteiger charge is -2.35. The van der Waals surface area contributed by atoms with Gasteiger partial charge in [-0.3, -0.25) is 4.79 Å². The summed E-state index contributed by atoms with van der Waals surface area (Å²) in [6, 6.07) is 7.14. The third-order valence-corrected chi connectivity index (χ3v) is 4.31. The average Bonchev–Trinajstić information content (AvgIpc) is 2.57. The van der Waals surface area contributed by atoms with Gasteiger partial charge in [-0.05, 0) is 36.8 Å². The Morgan fingerprint density at radius 1 is 1.29 bits per heavy atom. The van der Waals surface area contributed by atoms with Crippen molar-refractivity contribution >= 4 is 5.91 Å². The molecule has 0 spiro atoms. The van der Waals surface area contributed by atoms with Crippen LogP contribution in [0.5, 0.6) is 11.5 Å². The van der Waals surface area contributed by atoms with E-state index in [1.165, 1.54) is 6.42 Å². The van der Waals surface area contributed by atoms with Gasteiger partial charge in [-0.15, -0.1) is 0 Å². The molecule has 0 saturated carbocycles. The third kappa shape index (κ3) is 4.89. The maximum atomic E-state index is 12.3. The number of amides is 1. The largest absolute Gasteiger partial charge is 0.493 e. The second-order valence-corrected chi connectivity index (χ2v) is 6.67. The van der Waals surface area contributed by atoms with Gasteiger partial charge in [0, 0.05) is 25.6 Å². The molecular formula is C19H26N2O3. The van der Waals surface area contributed by atoms with Gasteiger partial charge >= 0.3 is 0 Å². The van der Waals surface area contributed by atoms with Gasteiger partial charge in [-0.25, -0.2) is 0 Å². The molecule has 24 heavy (non-hydrogen) atoms. The number of carbonyl (C=O) groups excluding carboxylic acids is 1. The highest BCUT2D eigenvalue weighted by Crippen LogP contribution is 2.28. The fourth-order valence-electron chi connectivity index (χ4n) is 3.29. The number of hydrogen-bond donors (Lipinski definition) is 0. The second-order valence-electron chi connectivity index (χ2n) is 6.67. The summed E-state index contributed by atoms with van der Waals surface area (Å²) in [6.07, 6.45) is 2.37. The lowest BCUT2D eigenvalue weighted by molar-refractivity contribution is -0.134. The highest BCUT2D eigenvalue weighted by Gasteiger charge is 2.24. The van der Waals surface area contributed by atoms with Gasteiger partial charge in [0.05, 0.1) is 25.3 Å². The highest BCUT2D eigenvalue weighted by atomic mass is 16.5. The lowest BCUT2D eigenvalue weighted by Crippen LogP contribution is -2.42. The number of likely N-dealkylation sites (tertiary alicyclic amines) is 1. The van der Waals surface area contributed by atoms with Crippen LogP contribution in [0.25, 0.3) is 0 Å². The van der Waals surface area contributed by atoms with Crippen molar-refractivity contribution in [3.63, 3.8) is 0 Å². The zero-order valence-electron chi connectivity index (χ0n) is 14.7. The molecule has 1 fully saturated rings. The standard InChI is InChI=1S/C19H26N2O3/c1-14-9-15(2)13-21(12-14)19(22)5-4-8-24-17-7-6-16(11-20)10-18(17)23-3/h6-7,10,14-15H,4-5,8-9,12-13H2,1-3H3. The molecule has 1 aromatic rings. The summed E-state index contributed by atoms with van der Waals surface area (Å²) in [5, 5.41) is 8.90. The van der Waals surface area contributed by atoms with Crippen LogP contribution < -0.4 is 9.47 Å². The Morgan fingerprint density at radius 2 is 2.00 bits per heavy atom. The van der Waals surface area contributed by atoms with Crippen LogP contribution in [0.4, 0.5) is 0 Å². The summed E-state index contributed by atoms with van der Waals surface area (Å²) >= 11 is 0. The molecule has 0 aromatic heterocycles. The molecule has 2 rings (SSSR count). The number of nitriles is 1. The van der Waals surface area contributed by atoms with Crippen molar-refractivity contribution in [2.45, 2.75) is 33.1 Å². The number of piperidine rings is 1. The minimum absolute atomic E-state index is 0.212. The Labute approximate surface area is 144 Å². The zero-order chi connectivity index (χ0) is 17.5. The summed E-state index contributed by atoms with van der Waals surface area (Å²) in [5.41, 5.74) is 0.530. The molecule has 0 bridgehead atoms. The number of hydrogen-bond acceptors (Lipinski definition) is 4. The first-order valence-electron chi connectivity index (χ1n) is 8.52. The fourth-order valence-corrected chi connectivity index (χ4v) is 3.29. The predicted molar refractivity (Wildman–Crippen MR) is 92.0 cm³/mol. The number of ether oxygens (including phenoxy) is 2. The first-order valence-corrected chi connectivity index (χ1v) is 8.52. The zero-order valence-corrected chi connectivity index (χ0v) is 14.7. The van der Waals surface area contributed by atoms with Crippen molar-refractivity contribution in [3.8, 4) is 17.6 Å². The summed E-state index contributed by atoms with van der Waals surface area (Å²) < 4.78 is 10.9. The molecule has 1 aliphatic heterocycles. The quantitative estimate of drug-likeness (QED) is 0.751. The highest BCUT2D eigenvalue weighted by molar-refractivity contribution is 5.76. The van der Waals surface area contributed by atoms with Crippen LogP contribution in [0.15, 0.2) is 18.2 Å². The summed E-state index contributed by atoms with van der Waals surface area (Å²) in [5.74, 6) is 2.51. The van der Waals surface area contributed by atoms with Gasteiger partial charge in [0.15, 0.2) is 11.5 Å². The Kier molecular flexibility index (Phi) is 6.48. The van der Waals surface area contributed by atoms with Crippen LogP contribution in [0.2, 0.25) is 0 Å². The molecule has 2 unspecified atom stereocenters. The smallest absolute Gasteiger partial charge is 0.222 e. The topological polar surface area (TPSA) is 62.6 Å². The maximum Gasteiger partial charge on any atom is 0.222 e. The monoisotopic (exact) mass is 330 g/mol. The van der Waals surface area contributed by atoms with E-state index in [1.54, 1.807) is 25.3 Å². The molecular weight excluding hydrogens is 304 g/mol. The van der Waals surface area contributed by atoms with E-state index < -0.39 is 0 Å².